The van der Waals surface area contributed by atoms with E-state index in [-0.39, 0.29) is 0 Å². The van der Waals surface area contributed by atoms with Gasteiger partial charge in [0, 0.05) is 10.8 Å². The summed E-state index contributed by atoms with van der Waals surface area (Å²) in [4.78, 5) is 0. The van der Waals surface area contributed by atoms with Crippen LogP contribution >= 0.6 is 22.6 Å². The molecular formula is C23H35IO. The van der Waals surface area contributed by atoms with E-state index in [1.54, 1.807) is 0 Å². The van der Waals surface area contributed by atoms with E-state index in [0.717, 1.165) is 10.8 Å². The Hall–Kier alpha value is -0.530. The topological polar surface area (TPSA) is 9.23 Å². The van der Waals surface area contributed by atoms with Gasteiger partial charge in [0.1, 0.15) is 6.61 Å². The molecule has 140 valence electrons. The maximum atomic E-state index is 5.62. The average molecular weight is 454 g/mol. The first kappa shape index (κ1) is 22.5. The molecule has 0 aliphatic heterocycles. The highest BCUT2D eigenvalue weighted by atomic mass is 127. The van der Waals surface area contributed by atoms with Gasteiger partial charge in [-0.15, -0.1) is 5.92 Å². The van der Waals surface area contributed by atoms with Crippen molar-refractivity contribution in [1.29, 1.82) is 0 Å². The smallest absolute Gasteiger partial charge is 0.108 e. The Labute approximate surface area is 169 Å². The zero-order valence-corrected chi connectivity index (χ0v) is 18.2. The highest BCUT2D eigenvalue weighted by Crippen LogP contribution is 2.11. The van der Waals surface area contributed by atoms with Crippen molar-refractivity contribution in [3.63, 3.8) is 0 Å². The van der Waals surface area contributed by atoms with Gasteiger partial charge in [0.15, 0.2) is 0 Å². The fourth-order valence-electron chi connectivity index (χ4n) is 2.78. The summed E-state index contributed by atoms with van der Waals surface area (Å²) >= 11 is 2.38. The molecule has 1 rings (SSSR count). The highest BCUT2D eigenvalue weighted by molar-refractivity contribution is 14.1. The largest absolute Gasteiger partial charge is 0.364 e. The Morgan fingerprint density at radius 2 is 1.32 bits per heavy atom. The molecule has 2 heteroatoms. The van der Waals surface area contributed by atoms with Gasteiger partial charge < -0.3 is 4.74 Å². The summed E-state index contributed by atoms with van der Waals surface area (Å²) in [5, 5.41) is 0. The lowest BCUT2D eigenvalue weighted by Crippen LogP contribution is -1.93. The molecule has 0 heterocycles. The minimum atomic E-state index is 0.547. The third-order valence-corrected chi connectivity index (χ3v) is 5.28. The lowest BCUT2D eigenvalue weighted by Gasteiger charge is -2.02. The predicted molar refractivity (Wildman–Crippen MR) is 118 cm³/mol. The van der Waals surface area contributed by atoms with Gasteiger partial charge >= 0.3 is 0 Å². The minimum absolute atomic E-state index is 0.547. The van der Waals surface area contributed by atoms with Gasteiger partial charge in [-0.2, -0.15) is 0 Å². The van der Waals surface area contributed by atoms with Crippen molar-refractivity contribution >= 4 is 22.6 Å². The van der Waals surface area contributed by atoms with Crippen LogP contribution in [0, 0.1) is 11.8 Å². The molecule has 1 aromatic carbocycles. The number of hydrogen-bond acceptors (Lipinski definition) is 1. The minimum Gasteiger partial charge on any atom is -0.364 e. The SMILES string of the molecule is CCCCCCCCCCCCC#CCOCc1ccc(CI)cc1. The van der Waals surface area contributed by atoms with E-state index in [0.29, 0.717) is 13.2 Å². The number of benzene rings is 1. The van der Waals surface area contributed by atoms with Crippen molar-refractivity contribution in [3.05, 3.63) is 35.4 Å². The number of hydrogen-bond donors (Lipinski definition) is 0. The van der Waals surface area contributed by atoms with Crippen LogP contribution in [-0.4, -0.2) is 6.61 Å². The second kappa shape index (κ2) is 16.9. The van der Waals surface area contributed by atoms with Crippen molar-refractivity contribution in [1.82, 2.24) is 0 Å². The van der Waals surface area contributed by atoms with Crippen molar-refractivity contribution in [3.8, 4) is 11.8 Å². The summed E-state index contributed by atoms with van der Waals surface area (Å²) in [7, 11) is 0. The van der Waals surface area contributed by atoms with Gasteiger partial charge in [-0.3, -0.25) is 0 Å². The fraction of sp³-hybridized carbons (Fsp3) is 0.652. The van der Waals surface area contributed by atoms with Crippen LogP contribution in [0.5, 0.6) is 0 Å². The summed E-state index contributed by atoms with van der Waals surface area (Å²) in [5.41, 5.74) is 2.59. The van der Waals surface area contributed by atoms with Gasteiger partial charge in [0.2, 0.25) is 0 Å². The molecule has 25 heavy (non-hydrogen) atoms. The van der Waals surface area contributed by atoms with Crippen molar-refractivity contribution < 1.29 is 4.74 Å². The Morgan fingerprint density at radius 1 is 0.760 bits per heavy atom. The molecule has 0 fully saturated rings. The van der Waals surface area contributed by atoms with E-state index < -0.39 is 0 Å². The van der Waals surface area contributed by atoms with Crippen molar-refractivity contribution in [2.75, 3.05) is 6.61 Å². The van der Waals surface area contributed by atoms with Crippen LogP contribution in [0.2, 0.25) is 0 Å². The monoisotopic (exact) mass is 454 g/mol. The van der Waals surface area contributed by atoms with E-state index >= 15 is 0 Å². The summed E-state index contributed by atoms with van der Waals surface area (Å²) < 4.78 is 6.68. The molecule has 1 nitrogen and oxygen atoms in total. The molecule has 0 bridgehead atoms. The molecule has 0 aliphatic carbocycles. The number of ether oxygens (including phenoxy) is 1. The first-order valence-corrected chi connectivity index (χ1v) is 11.6. The third-order valence-electron chi connectivity index (χ3n) is 4.40. The lowest BCUT2D eigenvalue weighted by atomic mass is 10.1. The van der Waals surface area contributed by atoms with Crippen LogP contribution in [0.25, 0.3) is 0 Å². The fourth-order valence-corrected chi connectivity index (χ4v) is 3.29. The van der Waals surface area contributed by atoms with E-state index in [2.05, 4.69) is 65.6 Å². The number of unbranched alkanes of at least 4 members (excludes halogenated alkanes) is 10. The molecule has 0 saturated carbocycles. The maximum absolute atomic E-state index is 5.62. The summed E-state index contributed by atoms with van der Waals surface area (Å²) in [5.74, 6) is 6.37. The van der Waals surface area contributed by atoms with Gasteiger partial charge in [-0.1, -0.05) is 117 Å². The van der Waals surface area contributed by atoms with Crippen LogP contribution < -0.4 is 0 Å². The molecule has 0 N–H and O–H groups in total. The molecule has 1 aromatic rings. The number of halogens is 1. The Kier molecular flexibility index (Phi) is 15.2. The van der Waals surface area contributed by atoms with E-state index in [4.69, 9.17) is 4.74 Å². The molecule has 0 spiro atoms. The first-order valence-electron chi connectivity index (χ1n) is 10.0. The second-order valence-corrected chi connectivity index (χ2v) is 7.49. The Morgan fingerprint density at radius 3 is 1.92 bits per heavy atom. The normalized spacial score (nSPS) is 10.5. The van der Waals surface area contributed by atoms with Crippen LogP contribution in [0.3, 0.4) is 0 Å². The van der Waals surface area contributed by atoms with Gasteiger partial charge in [-0.05, 0) is 17.5 Å². The van der Waals surface area contributed by atoms with Crippen LogP contribution in [0.1, 0.15) is 88.7 Å². The van der Waals surface area contributed by atoms with Crippen LogP contribution in [0.4, 0.5) is 0 Å². The highest BCUT2D eigenvalue weighted by Gasteiger charge is 1.94. The van der Waals surface area contributed by atoms with E-state index in [1.807, 2.05) is 0 Å². The van der Waals surface area contributed by atoms with Crippen LogP contribution in [-0.2, 0) is 15.8 Å². The molecule has 0 aliphatic rings. The lowest BCUT2D eigenvalue weighted by molar-refractivity contribution is 0.153. The zero-order valence-electron chi connectivity index (χ0n) is 16.0. The molecule has 0 unspecified atom stereocenters. The van der Waals surface area contributed by atoms with Gasteiger partial charge in [0.25, 0.3) is 0 Å². The van der Waals surface area contributed by atoms with Gasteiger partial charge in [0.05, 0.1) is 6.61 Å². The number of rotatable bonds is 14. The number of alkyl halides is 1. The molecule has 0 saturated heterocycles. The molecular weight excluding hydrogens is 419 g/mol. The standard InChI is InChI=1S/C23H35IO/c1-2-3-4-5-6-7-8-9-10-11-12-13-14-19-25-21-23-17-15-22(20-24)16-18-23/h15-18H,2-12,19-21H2,1H3. The van der Waals surface area contributed by atoms with Gasteiger partial charge in [-0.25, -0.2) is 0 Å². The summed E-state index contributed by atoms with van der Waals surface area (Å²) in [6, 6.07) is 8.63. The van der Waals surface area contributed by atoms with E-state index in [1.165, 1.54) is 75.3 Å². The summed E-state index contributed by atoms with van der Waals surface area (Å²) in [6.07, 6.45) is 14.8. The van der Waals surface area contributed by atoms with E-state index in [9.17, 15) is 0 Å². The predicted octanol–water partition coefficient (Wildman–Crippen LogP) is 7.45. The maximum Gasteiger partial charge on any atom is 0.108 e. The quantitative estimate of drug-likeness (QED) is 0.123. The summed E-state index contributed by atoms with van der Waals surface area (Å²) in [6.45, 7) is 3.49. The molecule has 0 atom stereocenters. The molecule has 0 radical (unpaired) electrons. The second-order valence-electron chi connectivity index (χ2n) is 6.73. The zero-order chi connectivity index (χ0) is 18.0. The Balaban J connectivity index is 1.87. The molecule has 0 amide bonds. The molecule has 0 aromatic heterocycles. The van der Waals surface area contributed by atoms with Crippen molar-refractivity contribution in [2.45, 2.75) is 88.6 Å². The Bertz CT molecular complexity index is 469. The average Bonchev–Trinajstić information content (AvgIpc) is 2.65. The third kappa shape index (κ3) is 13.3. The van der Waals surface area contributed by atoms with Crippen molar-refractivity contribution in [2.24, 2.45) is 0 Å². The van der Waals surface area contributed by atoms with Crippen LogP contribution in [0.15, 0.2) is 24.3 Å². The first-order chi connectivity index (χ1) is 12.4.